The maximum absolute atomic E-state index is 4.49. The molecular weight excluding hydrogens is 168 g/mol. The van der Waals surface area contributed by atoms with Crippen molar-refractivity contribution in [2.75, 3.05) is 0 Å². The predicted octanol–water partition coefficient (Wildman–Crippen LogP) is 2.67. The Morgan fingerprint density at radius 3 is 2.92 bits per heavy atom. The molecule has 1 aromatic heterocycles. The second-order valence-electron chi connectivity index (χ2n) is 3.57. The Balaban J connectivity index is 2.03. The van der Waals surface area contributed by atoms with Crippen LogP contribution in [0.4, 0.5) is 0 Å². The third kappa shape index (κ3) is 1.83. The van der Waals surface area contributed by atoms with Gasteiger partial charge in [0.2, 0.25) is 0 Å². The first kappa shape index (κ1) is 8.17. The van der Waals surface area contributed by atoms with Gasteiger partial charge in [0.25, 0.3) is 0 Å². The Hall–Kier alpha value is -0.440. The van der Waals surface area contributed by atoms with Crippen molar-refractivity contribution in [3.63, 3.8) is 0 Å². The standard InChI is InChI=1S/C9H14N2S/c1-7(2)12-11-6-5-9(10-11)8-3-4-8/h5-8H,3-4H2,1-2H3. The van der Waals surface area contributed by atoms with E-state index in [4.69, 9.17) is 0 Å². The van der Waals surface area contributed by atoms with Crippen molar-refractivity contribution >= 4 is 11.9 Å². The number of nitrogens with zero attached hydrogens (tertiary/aromatic N) is 2. The molecule has 2 nitrogen and oxygen atoms in total. The highest BCUT2D eigenvalue weighted by atomic mass is 32.2. The van der Waals surface area contributed by atoms with Crippen molar-refractivity contribution in [1.29, 1.82) is 0 Å². The van der Waals surface area contributed by atoms with Crippen molar-refractivity contribution in [2.45, 2.75) is 37.9 Å². The van der Waals surface area contributed by atoms with Crippen LogP contribution >= 0.6 is 11.9 Å². The van der Waals surface area contributed by atoms with E-state index < -0.39 is 0 Å². The minimum absolute atomic E-state index is 0.608. The predicted molar refractivity (Wildman–Crippen MR) is 52.3 cm³/mol. The molecule has 3 heteroatoms. The largest absolute Gasteiger partial charge is 0.214 e. The molecule has 0 atom stereocenters. The first-order chi connectivity index (χ1) is 5.75. The van der Waals surface area contributed by atoms with E-state index in [2.05, 4.69) is 31.2 Å². The quantitative estimate of drug-likeness (QED) is 0.715. The first-order valence-electron chi connectivity index (χ1n) is 4.48. The van der Waals surface area contributed by atoms with Gasteiger partial charge in [0.1, 0.15) is 0 Å². The lowest BCUT2D eigenvalue weighted by molar-refractivity contribution is 0.913. The molecule has 66 valence electrons. The van der Waals surface area contributed by atoms with Crippen molar-refractivity contribution in [3.8, 4) is 0 Å². The van der Waals surface area contributed by atoms with Crippen LogP contribution in [0.2, 0.25) is 0 Å². The highest BCUT2D eigenvalue weighted by Crippen LogP contribution is 2.39. The molecule has 0 aromatic carbocycles. The monoisotopic (exact) mass is 182 g/mol. The molecule has 0 aliphatic heterocycles. The topological polar surface area (TPSA) is 17.8 Å². The van der Waals surface area contributed by atoms with E-state index >= 15 is 0 Å². The molecule has 0 unspecified atom stereocenters. The minimum Gasteiger partial charge on any atom is -0.214 e. The summed E-state index contributed by atoms with van der Waals surface area (Å²) in [6.45, 7) is 4.37. The van der Waals surface area contributed by atoms with Crippen LogP contribution in [-0.4, -0.2) is 14.4 Å². The van der Waals surface area contributed by atoms with Crippen LogP contribution in [0, 0.1) is 0 Å². The Bertz CT molecular complexity index is 263. The molecule has 2 rings (SSSR count). The van der Waals surface area contributed by atoms with E-state index in [1.54, 1.807) is 11.9 Å². The lowest BCUT2D eigenvalue weighted by Crippen LogP contribution is -1.96. The van der Waals surface area contributed by atoms with Crippen LogP contribution in [0.15, 0.2) is 12.3 Å². The van der Waals surface area contributed by atoms with Crippen LogP contribution < -0.4 is 0 Å². The van der Waals surface area contributed by atoms with Gasteiger partial charge < -0.3 is 0 Å². The van der Waals surface area contributed by atoms with Gasteiger partial charge >= 0.3 is 0 Å². The molecule has 0 amide bonds. The number of hydrogen-bond donors (Lipinski definition) is 0. The average molecular weight is 182 g/mol. The van der Waals surface area contributed by atoms with E-state index in [9.17, 15) is 0 Å². The van der Waals surface area contributed by atoms with Gasteiger partial charge in [-0.2, -0.15) is 5.10 Å². The van der Waals surface area contributed by atoms with Gasteiger partial charge in [-0.15, -0.1) is 0 Å². The summed E-state index contributed by atoms with van der Waals surface area (Å²) in [4.78, 5) is 0. The summed E-state index contributed by atoms with van der Waals surface area (Å²) in [6, 6.07) is 2.15. The van der Waals surface area contributed by atoms with Gasteiger partial charge in [0.05, 0.1) is 5.69 Å². The maximum Gasteiger partial charge on any atom is 0.0666 e. The van der Waals surface area contributed by atoms with Crippen molar-refractivity contribution < 1.29 is 0 Å². The number of rotatable bonds is 3. The molecule has 1 aromatic rings. The molecular formula is C9H14N2S. The van der Waals surface area contributed by atoms with Crippen molar-refractivity contribution in [1.82, 2.24) is 9.19 Å². The summed E-state index contributed by atoms with van der Waals surface area (Å²) in [7, 11) is 0. The molecule has 0 saturated heterocycles. The summed E-state index contributed by atoms with van der Waals surface area (Å²) in [5, 5.41) is 5.10. The van der Waals surface area contributed by atoms with Gasteiger partial charge in [-0.25, -0.2) is 4.09 Å². The van der Waals surface area contributed by atoms with Gasteiger partial charge in [-0.3, -0.25) is 0 Å². The SMILES string of the molecule is CC(C)Sn1ccc(C2CC2)n1. The zero-order chi connectivity index (χ0) is 8.55. The second-order valence-corrected chi connectivity index (χ2v) is 5.10. The van der Waals surface area contributed by atoms with E-state index in [1.807, 2.05) is 4.09 Å². The third-order valence-electron chi connectivity index (χ3n) is 1.90. The van der Waals surface area contributed by atoms with Crippen LogP contribution in [0.3, 0.4) is 0 Å². The number of aromatic nitrogens is 2. The Morgan fingerprint density at radius 1 is 1.58 bits per heavy atom. The molecule has 1 fully saturated rings. The summed E-state index contributed by atoms with van der Waals surface area (Å²) in [5.74, 6) is 0.777. The highest BCUT2D eigenvalue weighted by Gasteiger charge is 2.25. The second kappa shape index (κ2) is 3.13. The third-order valence-corrected chi connectivity index (χ3v) is 2.74. The molecule has 1 heterocycles. The first-order valence-corrected chi connectivity index (χ1v) is 5.32. The molecule has 0 spiro atoms. The van der Waals surface area contributed by atoms with Crippen molar-refractivity contribution in [2.24, 2.45) is 0 Å². The van der Waals surface area contributed by atoms with Crippen LogP contribution in [0.5, 0.6) is 0 Å². The summed E-state index contributed by atoms with van der Waals surface area (Å²) in [5.41, 5.74) is 1.28. The van der Waals surface area contributed by atoms with Gasteiger partial charge in [-0.05, 0) is 30.9 Å². The Labute approximate surface area is 77.5 Å². The fourth-order valence-electron chi connectivity index (χ4n) is 1.19. The van der Waals surface area contributed by atoms with E-state index in [0.717, 1.165) is 5.92 Å². The van der Waals surface area contributed by atoms with Gasteiger partial charge in [0.15, 0.2) is 0 Å². The van der Waals surface area contributed by atoms with E-state index in [0.29, 0.717) is 5.25 Å². The Morgan fingerprint density at radius 2 is 2.33 bits per heavy atom. The summed E-state index contributed by atoms with van der Waals surface area (Å²) in [6.07, 6.45) is 4.74. The zero-order valence-corrected chi connectivity index (χ0v) is 8.34. The smallest absolute Gasteiger partial charge is 0.0666 e. The zero-order valence-electron chi connectivity index (χ0n) is 7.53. The average Bonchev–Trinajstić information content (AvgIpc) is 2.73. The van der Waals surface area contributed by atoms with Gasteiger partial charge in [0, 0.05) is 17.4 Å². The Kier molecular flexibility index (Phi) is 2.13. The van der Waals surface area contributed by atoms with E-state index in [1.165, 1.54) is 18.5 Å². The lowest BCUT2D eigenvalue weighted by Gasteiger charge is -2.02. The normalized spacial score (nSPS) is 17.2. The lowest BCUT2D eigenvalue weighted by atomic mass is 10.3. The van der Waals surface area contributed by atoms with Crippen LogP contribution in [0.25, 0.3) is 0 Å². The number of hydrogen-bond acceptors (Lipinski definition) is 2. The molecule has 1 aliphatic rings. The van der Waals surface area contributed by atoms with Gasteiger partial charge in [-0.1, -0.05) is 13.8 Å². The highest BCUT2D eigenvalue weighted by molar-refractivity contribution is 7.98. The van der Waals surface area contributed by atoms with Crippen LogP contribution in [-0.2, 0) is 0 Å². The molecule has 0 radical (unpaired) electrons. The molecule has 0 N–H and O–H groups in total. The van der Waals surface area contributed by atoms with Crippen molar-refractivity contribution in [3.05, 3.63) is 18.0 Å². The molecule has 1 saturated carbocycles. The molecule has 0 bridgehead atoms. The van der Waals surface area contributed by atoms with E-state index in [-0.39, 0.29) is 0 Å². The van der Waals surface area contributed by atoms with Crippen LogP contribution in [0.1, 0.15) is 38.3 Å². The fourth-order valence-corrected chi connectivity index (χ4v) is 1.90. The fraction of sp³-hybridized carbons (Fsp3) is 0.667. The summed E-state index contributed by atoms with van der Waals surface area (Å²) < 4.78 is 1.98. The molecule has 1 aliphatic carbocycles. The molecule has 12 heavy (non-hydrogen) atoms. The maximum atomic E-state index is 4.49. The summed E-state index contributed by atoms with van der Waals surface area (Å²) >= 11 is 1.77. The minimum atomic E-state index is 0.608.